The van der Waals surface area contributed by atoms with Gasteiger partial charge in [0.25, 0.3) is 11.6 Å². The number of nitrogens with zero attached hydrogens (tertiary/aromatic N) is 1. The summed E-state index contributed by atoms with van der Waals surface area (Å²) < 4.78 is 10.1. The molecule has 0 radical (unpaired) electrons. The third-order valence-electron chi connectivity index (χ3n) is 3.98. The number of hydrogen-bond donors (Lipinski definition) is 1. The van der Waals surface area contributed by atoms with E-state index in [0.29, 0.717) is 5.56 Å². The second-order valence-electron chi connectivity index (χ2n) is 6.05. The number of esters is 1. The number of ether oxygens (including phenoxy) is 2. The Hall–Kier alpha value is -3.75. The molecule has 1 amide bonds. The SMILES string of the molecule is COc1cc([N+](=O)[O-])ccc1NC(=O)[C@@H](C)OC(=O)CCC(=O)c1ccccc1. The second kappa shape index (κ2) is 9.98. The van der Waals surface area contributed by atoms with Crippen LogP contribution in [0, 0.1) is 10.1 Å². The first-order valence-electron chi connectivity index (χ1n) is 8.73. The molecule has 9 heteroatoms. The van der Waals surface area contributed by atoms with Crippen molar-refractivity contribution in [1.29, 1.82) is 0 Å². The summed E-state index contributed by atoms with van der Waals surface area (Å²) in [7, 11) is 1.31. The van der Waals surface area contributed by atoms with Crippen LogP contribution in [0.2, 0.25) is 0 Å². The molecule has 9 nitrogen and oxygen atoms in total. The van der Waals surface area contributed by atoms with Crippen molar-refractivity contribution in [1.82, 2.24) is 0 Å². The lowest BCUT2D eigenvalue weighted by Crippen LogP contribution is -2.30. The smallest absolute Gasteiger partial charge is 0.307 e. The number of carbonyl (C=O) groups is 3. The Balaban J connectivity index is 1.89. The summed E-state index contributed by atoms with van der Waals surface area (Å²) in [5, 5.41) is 13.3. The first kappa shape index (κ1) is 21.5. The highest BCUT2D eigenvalue weighted by atomic mass is 16.6. The van der Waals surface area contributed by atoms with E-state index in [1.807, 2.05) is 0 Å². The number of rotatable bonds is 9. The molecule has 1 atom stereocenters. The second-order valence-corrected chi connectivity index (χ2v) is 6.05. The Morgan fingerprint density at radius 3 is 2.41 bits per heavy atom. The lowest BCUT2D eigenvalue weighted by Gasteiger charge is -2.15. The molecule has 0 aromatic heterocycles. The molecule has 0 spiro atoms. The zero-order chi connectivity index (χ0) is 21.4. The monoisotopic (exact) mass is 400 g/mol. The van der Waals surface area contributed by atoms with Crippen molar-refractivity contribution in [3.63, 3.8) is 0 Å². The van der Waals surface area contributed by atoms with Crippen molar-refractivity contribution in [2.24, 2.45) is 0 Å². The molecule has 0 heterocycles. The van der Waals surface area contributed by atoms with Gasteiger partial charge in [0.05, 0.1) is 30.2 Å². The number of anilines is 1. The van der Waals surface area contributed by atoms with Gasteiger partial charge in [-0.2, -0.15) is 0 Å². The van der Waals surface area contributed by atoms with Crippen molar-refractivity contribution >= 4 is 29.0 Å². The quantitative estimate of drug-likeness (QED) is 0.297. The number of nitro benzene ring substituents is 1. The largest absolute Gasteiger partial charge is 0.494 e. The standard InChI is InChI=1S/C20H20N2O7/c1-13(29-19(24)11-10-17(23)14-6-4-3-5-7-14)20(25)21-16-9-8-15(22(26)27)12-18(16)28-2/h3-9,12-13H,10-11H2,1-2H3,(H,21,25)/t13-/m1/s1. The van der Waals surface area contributed by atoms with Crippen LogP contribution in [0.5, 0.6) is 5.75 Å². The number of Topliss-reactive ketones (excluding diaryl/α,β-unsaturated/α-hetero) is 1. The van der Waals surface area contributed by atoms with Crippen molar-refractivity contribution in [3.8, 4) is 5.75 Å². The maximum absolute atomic E-state index is 12.2. The van der Waals surface area contributed by atoms with Gasteiger partial charge in [-0.05, 0) is 13.0 Å². The molecule has 0 unspecified atom stereocenters. The number of nitro groups is 1. The van der Waals surface area contributed by atoms with E-state index in [0.717, 1.165) is 0 Å². The van der Waals surface area contributed by atoms with Gasteiger partial charge in [-0.3, -0.25) is 24.5 Å². The van der Waals surface area contributed by atoms with E-state index >= 15 is 0 Å². The van der Waals surface area contributed by atoms with Crippen molar-refractivity contribution in [2.75, 3.05) is 12.4 Å². The Labute approximate surface area is 166 Å². The number of carbonyl (C=O) groups excluding carboxylic acids is 3. The summed E-state index contributed by atoms with van der Waals surface area (Å²) in [6, 6.07) is 12.2. The normalized spacial score (nSPS) is 11.2. The zero-order valence-corrected chi connectivity index (χ0v) is 15.9. The number of non-ortho nitro benzene ring substituents is 1. The van der Waals surface area contributed by atoms with Crippen molar-refractivity contribution in [3.05, 3.63) is 64.2 Å². The summed E-state index contributed by atoms with van der Waals surface area (Å²) in [6.45, 7) is 1.38. The highest BCUT2D eigenvalue weighted by Gasteiger charge is 2.21. The lowest BCUT2D eigenvalue weighted by atomic mass is 10.1. The third kappa shape index (κ3) is 6.13. The minimum absolute atomic E-state index is 0.0344. The summed E-state index contributed by atoms with van der Waals surface area (Å²) in [6.07, 6.45) is -1.33. The maximum atomic E-state index is 12.2. The number of ketones is 1. The number of benzene rings is 2. The molecule has 2 aromatic rings. The van der Waals surface area contributed by atoms with Gasteiger partial charge >= 0.3 is 5.97 Å². The number of hydrogen-bond acceptors (Lipinski definition) is 7. The van der Waals surface area contributed by atoms with Crippen LogP contribution in [0.3, 0.4) is 0 Å². The van der Waals surface area contributed by atoms with E-state index in [-0.39, 0.29) is 35.7 Å². The van der Waals surface area contributed by atoms with E-state index in [9.17, 15) is 24.5 Å². The molecule has 0 fully saturated rings. The van der Waals surface area contributed by atoms with Crippen LogP contribution in [0.1, 0.15) is 30.1 Å². The van der Waals surface area contributed by atoms with Crippen LogP contribution >= 0.6 is 0 Å². The van der Waals surface area contributed by atoms with E-state index in [4.69, 9.17) is 9.47 Å². The molecular weight excluding hydrogens is 380 g/mol. The van der Waals surface area contributed by atoms with Gasteiger partial charge < -0.3 is 14.8 Å². The molecule has 152 valence electrons. The minimum atomic E-state index is -1.13. The first-order valence-corrected chi connectivity index (χ1v) is 8.73. The molecule has 2 aromatic carbocycles. The van der Waals surface area contributed by atoms with Crippen molar-refractivity contribution in [2.45, 2.75) is 25.9 Å². The predicted molar refractivity (Wildman–Crippen MR) is 104 cm³/mol. The highest BCUT2D eigenvalue weighted by molar-refractivity contribution is 5.98. The zero-order valence-electron chi connectivity index (χ0n) is 15.9. The van der Waals surface area contributed by atoms with Crippen LogP contribution in [0.15, 0.2) is 48.5 Å². The van der Waals surface area contributed by atoms with Gasteiger partial charge in [-0.25, -0.2) is 0 Å². The fourth-order valence-electron chi connectivity index (χ4n) is 2.42. The first-order chi connectivity index (χ1) is 13.8. The van der Waals surface area contributed by atoms with Crippen LogP contribution in [0.4, 0.5) is 11.4 Å². The summed E-state index contributed by atoms with van der Waals surface area (Å²) in [5.74, 6) is -1.43. The lowest BCUT2D eigenvalue weighted by molar-refractivity contribution is -0.384. The molecule has 29 heavy (non-hydrogen) atoms. The number of nitrogens with one attached hydrogen (secondary N) is 1. The van der Waals surface area contributed by atoms with E-state index in [1.54, 1.807) is 30.3 Å². The number of methoxy groups -OCH3 is 1. The molecule has 0 aliphatic rings. The average Bonchev–Trinajstić information content (AvgIpc) is 2.72. The van der Waals surface area contributed by atoms with Crippen LogP contribution in [0.25, 0.3) is 0 Å². The Bertz CT molecular complexity index is 912. The average molecular weight is 400 g/mol. The molecule has 0 saturated carbocycles. The minimum Gasteiger partial charge on any atom is -0.494 e. The highest BCUT2D eigenvalue weighted by Crippen LogP contribution is 2.29. The van der Waals surface area contributed by atoms with E-state index in [2.05, 4.69) is 5.32 Å². The van der Waals surface area contributed by atoms with Crippen LogP contribution < -0.4 is 10.1 Å². The molecular formula is C20H20N2O7. The number of amides is 1. The molecule has 0 aliphatic carbocycles. The Morgan fingerprint density at radius 1 is 1.10 bits per heavy atom. The molecule has 1 N–H and O–H groups in total. The van der Waals surface area contributed by atoms with E-state index in [1.165, 1.54) is 32.2 Å². The maximum Gasteiger partial charge on any atom is 0.307 e. The Morgan fingerprint density at radius 2 is 1.79 bits per heavy atom. The fourth-order valence-corrected chi connectivity index (χ4v) is 2.42. The summed E-state index contributed by atoms with van der Waals surface area (Å²) in [4.78, 5) is 46.4. The van der Waals surface area contributed by atoms with Gasteiger partial charge in [0, 0.05) is 18.1 Å². The fraction of sp³-hybridized carbons (Fsp3) is 0.250. The third-order valence-corrected chi connectivity index (χ3v) is 3.98. The molecule has 0 bridgehead atoms. The van der Waals surface area contributed by atoms with Crippen LogP contribution in [-0.2, 0) is 14.3 Å². The predicted octanol–water partition coefficient (Wildman–Crippen LogP) is 3.14. The molecule has 0 aliphatic heterocycles. The van der Waals surface area contributed by atoms with Gasteiger partial charge in [0.1, 0.15) is 5.75 Å². The Kier molecular flexibility index (Phi) is 7.41. The van der Waals surface area contributed by atoms with Gasteiger partial charge in [0.2, 0.25) is 0 Å². The molecule has 0 saturated heterocycles. The topological polar surface area (TPSA) is 125 Å². The van der Waals surface area contributed by atoms with E-state index < -0.39 is 22.9 Å². The van der Waals surface area contributed by atoms with Gasteiger partial charge in [0.15, 0.2) is 11.9 Å². The van der Waals surface area contributed by atoms with Crippen LogP contribution in [-0.4, -0.2) is 35.8 Å². The summed E-state index contributed by atoms with van der Waals surface area (Å²) in [5.41, 5.74) is 0.504. The van der Waals surface area contributed by atoms with Crippen molar-refractivity contribution < 1.29 is 28.8 Å². The summed E-state index contributed by atoms with van der Waals surface area (Å²) >= 11 is 0. The van der Waals surface area contributed by atoms with Gasteiger partial charge in [-0.15, -0.1) is 0 Å². The molecule has 2 rings (SSSR count). The van der Waals surface area contributed by atoms with Gasteiger partial charge in [-0.1, -0.05) is 30.3 Å².